The summed E-state index contributed by atoms with van der Waals surface area (Å²) in [4.78, 5) is 17.9. The highest BCUT2D eigenvalue weighted by molar-refractivity contribution is 6.63. The summed E-state index contributed by atoms with van der Waals surface area (Å²) in [6, 6.07) is 17.2. The van der Waals surface area contributed by atoms with Crippen molar-refractivity contribution in [2.75, 3.05) is 23.8 Å². The Bertz CT molecular complexity index is 1780. The molecule has 45 heavy (non-hydrogen) atoms. The van der Waals surface area contributed by atoms with Crippen molar-refractivity contribution in [2.45, 2.75) is 31.7 Å². The van der Waals surface area contributed by atoms with Crippen LogP contribution in [0, 0.1) is 0 Å². The quantitative estimate of drug-likeness (QED) is 0.190. The van der Waals surface area contributed by atoms with Crippen LogP contribution in [-0.4, -0.2) is 61.7 Å². The molecule has 6 rings (SSSR count). The molecule has 1 atom stereocenters. The number of fused-ring (bicyclic) bond motifs is 1. The molecule has 0 unspecified atom stereocenters. The van der Waals surface area contributed by atoms with Crippen LogP contribution in [0.15, 0.2) is 77.5 Å². The Labute approximate surface area is 255 Å². The summed E-state index contributed by atoms with van der Waals surface area (Å²) >= 11 is 0. The third-order valence-electron chi connectivity index (χ3n) is 6.81. The fraction of sp³-hybridized carbons (Fsp3) is 0.241. The molecule has 12 nitrogen and oxygen atoms in total. The highest BCUT2D eigenvalue weighted by atomic mass is 19.4. The SMILES string of the molecule is CC1(C)OB(OCC(F)(F)F)c2ccc(Nc3ncc(-c4nnc(-c5ccccn5)o4)c(N[C@H](CO)c4ccccc4)n3)nc21. The van der Waals surface area contributed by atoms with E-state index in [4.69, 9.17) is 13.7 Å². The van der Waals surface area contributed by atoms with E-state index in [1.165, 1.54) is 6.20 Å². The number of nitrogens with one attached hydrogen (secondary N) is 2. The molecular weight excluding hydrogens is 592 g/mol. The Morgan fingerprint density at radius 3 is 2.49 bits per heavy atom. The van der Waals surface area contributed by atoms with E-state index in [1.807, 2.05) is 30.3 Å². The van der Waals surface area contributed by atoms with Crippen LogP contribution in [0.1, 0.15) is 31.1 Å². The number of alkyl halides is 3. The van der Waals surface area contributed by atoms with Gasteiger partial charge in [-0.1, -0.05) is 42.5 Å². The number of aliphatic hydroxyl groups excluding tert-OH is 1. The molecule has 0 fully saturated rings. The molecule has 0 saturated heterocycles. The van der Waals surface area contributed by atoms with Gasteiger partial charge in [0.2, 0.25) is 5.95 Å². The van der Waals surface area contributed by atoms with Gasteiger partial charge in [-0.3, -0.25) is 4.98 Å². The monoisotopic (exact) mass is 618 g/mol. The van der Waals surface area contributed by atoms with Crippen molar-refractivity contribution in [3.63, 3.8) is 0 Å². The van der Waals surface area contributed by atoms with Gasteiger partial charge in [0.05, 0.1) is 29.5 Å². The number of hydrogen-bond donors (Lipinski definition) is 3. The third-order valence-corrected chi connectivity index (χ3v) is 6.81. The van der Waals surface area contributed by atoms with E-state index in [1.54, 1.807) is 50.4 Å². The number of halogens is 3. The van der Waals surface area contributed by atoms with Crippen LogP contribution in [0.4, 0.5) is 30.8 Å². The lowest BCUT2D eigenvalue weighted by atomic mass is 9.80. The first-order chi connectivity index (χ1) is 21.6. The maximum Gasteiger partial charge on any atom is 0.496 e. The molecule has 16 heteroatoms. The summed E-state index contributed by atoms with van der Waals surface area (Å²) in [5.74, 6) is 1.04. The predicted molar refractivity (Wildman–Crippen MR) is 157 cm³/mol. The second-order valence-corrected chi connectivity index (χ2v) is 10.5. The van der Waals surface area contributed by atoms with Gasteiger partial charge in [0.25, 0.3) is 11.8 Å². The van der Waals surface area contributed by atoms with Crippen molar-refractivity contribution < 1.29 is 32.0 Å². The standard InChI is InChI=1S/C29H26BF3N8O4/c1-28(2)23-19(30(45-28)43-16-29(31,32)33)11-12-22(37-23)38-27-35-14-18(25-40-41-26(44-25)20-10-6-7-13-34-20)24(39-27)36-21(15-42)17-8-4-3-5-9-17/h3-14,21,42H,15-16H2,1-2H3,(H2,35,36,37,38,39)/t21-/m1/s1. The summed E-state index contributed by atoms with van der Waals surface area (Å²) in [6.07, 6.45) is -1.41. The number of pyridine rings is 2. The highest BCUT2D eigenvalue weighted by Gasteiger charge is 2.45. The van der Waals surface area contributed by atoms with Crippen molar-refractivity contribution in [3.8, 4) is 23.0 Å². The Morgan fingerprint density at radius 2 is 1.76 bits per heavy atom. The van der Waals surface area contributed by atoms with E-state index in [2.05, 4.69) is 40.8 Å². The van der Waals surface area contributed by atoms with Crippen LogP contribution < -0.4 is 16.1 Å². The lowest BCUT2D eigenvalue weighted by Crippen LogP contribution is -2.36. The lowest BCUT2D eigenvalue weighted by Gasteiger charge is -2.20. The molecule has 1 aliphatic heterocycles. The molecule has 4 aromatic heterocycles. The van der Waals surface area contributed by atoms with Crippen molar-refractivity contribution >= 4 is 30.2 Å². The van der Waals surface area contributed by atoms with E-state index in [9.17, 15) is 18.3 Å². The zero-order chi connectivity index (χ0) is 31.6. The van der Waals surface area contributed by atoms with E-state index in [0.29, 0.717) is 28.2 Å². The number of anilines is 3. The summed E-state index contributed by atoms with van der Waals surface area (Å²) in [7, 11) is -1.22. The molecule has 1 aliphatic rings. The van der Waals surface area contributed by atoms with Crippen LogP contribution in [-0.2, 0) is 14.9 Å². The molecule has 230 valence electrons. The average molecular weight is 618 g/mol. The highest BCUT2D eigenvalue weighted by Crippen LogP contribution is 2.33. The second kappa shape index (κ2) is 12.2. The molecule has 0 amide bonds. The van der Waals surface area contributed by atoms with Crippen molar-refractivity contribution in [1.29, 1.82) is 0 Å². The second-order valence-electron chi connectivity index (χ2n) is 10.5. The van der Waals surface area contributed by atoms with Gasteiger partial charge in [-0.2, -0.15) is 18.2 Å². The lowest BCUT2D eigenvalue weighted by molar-refractivity contribution is -0.157. The minimum Gasteiger partial charge on any atom is -0.414 e. The summed E-state index contributed by atoms with van der Waals surface area (Å²) in [6.45, 7) is 1.67. The van der Waals surface area contributed by atoms with E-state index >= 15 is 0 Å². The molecule has 1 aromatic carbocycles. The number of aliphatic hydroxyl groups is 1. The molecule has 3 N–H and O–H groups in total. The van der Waals surface area contributed by atoms with Gasteiger partial charge >= 0.3 is 13.3 Å². The summed E-state index contributed by atoms with van der Waals surface area (Å²) in [5.41, 5.74) is 1.44. The fourth-order valence-corrected chi connectivity index (χ4v) is 4.73. The smallest absolute Gasteiger partial charge is 0.414 e. The van der Waals surface area contributed by atoms with Gasteiger partial charge in [-0.15, -0.1) is 10.2 Å². The first kappa shape index (κ1) is 30.1. The van der Waals surface area contributed by atoms with Crippen LogP contribution in [0.2, 0.25) is 0 Å². The van der Waals surface area contributed by atoms with Gasteiger partial charge < -0.3 is 29.5 Å². The largest absolute Gasteiger partial charge is 0.496 e. The number of aromatic nitrogens is 6. The van der Waals surface area contributed by atoms with Gasteiger partial charge in [-0.05, 0) is 37.6 Å². The first-order valence-electron chi connectivity index (χ1n) is 13.8. The number of nitrogens with zero attached hydrogens (tertiary/aromatic N) is 6. The van der Waals surface area contributed by atoms with Crippen molar-refractivity contribution in [1.82, 2.24) is 30.1 Å². The Morgan fingerprint density at radius 1 is 0.978 bits per heavy atom. The van der Waals surface area contributed by atoms with Crippen LogP contribution >= 0.6 is 0 Å². The number of hydrogen-bond acceptors (Lipinski definition) is 12. The van der Waals surface area contributed by atoms with E-state index in [0.717, 1.165) is 5.56 Å². The zero-order valence-electron chi connectivity index (χ0n) is 24.0. The Hall–Kier alpha value is -4.93. The van der Waals surface area contributed by atoms with Gasteiger partial charge in [0.15, 0.2) is 0 Å². The van der Waals surface area contributed by atoms with Crippen molar-refractivity contribution in [3.05, 3.63) is 84.3 Å². The van der Waals surface area contributed by atoms with Crippen LogP contribution in [0.5, 0.6) is 0 Å². The molecule has 5 aromatic rings. The molecule has 5 heterocycles. The van der Waals surface area contributed by atoms with Crippen molar-refractivity contribution in [2.24, 2.45) is 0 Å². The number of rotatable bonds is 10. The Balaban J connectivity index is 1.31. The fourth-order valence-electron chi connectivity index (χ4n) is 4.73. The van der Waals surface area contributed by atoms with Crippen LogP contribution in [0.3, 0.4) is 0 Å². The number of benzene rings is 1. The molecular formula is C29H26BF3N8O4. The summed E-state index contributed by atoms with van der Waals surface area (Å²) in [5, 5.41) is 24.8. The van der Waals surface area contributed by atoms with Gasteiger partial charge in [-0.25, -0.2) is 9.97 Å². The normalized spacial score (nSPS) is 14.7. The minimum absolute atomic E-state index is 0.119. The van der Waals surface area contributed by atoms with Gasteiger partial charge in [0, 0.05) is 17.9 Å². The molecule has 0 bridgehead atoms. The first-order valence-corrected chi connectivity index (χ1v) is 13.8. The predicted octanol–water partition coefficient (Wildman–Crippen LogP) is 4.41. The van der Waals surface area contributed by atoms with E-state index in [-0.39, 0.29) is 30.2 Å². The topological polar surface area (TPSA) is 153 Å². The molecule has 0 spiro atoms. The average Bonchev–Trinajstić information content (AvgIpc) is 3.62. The van der Waals surface area contributed by atoms with Crippen LogP contribution in [0.25, 0.3) is 23.0 Å². The molecule has 0 radical (unpaired) electrons. The third kappa shape index (κ3) is 6.77. The molecule has 0 saturated carbocycles. The minimum atomic E-state index is -4.50. The maximum atomic E-state index is 12.8. The Kier molecular flexibility index (Phi) is 8.18. The molecule has 0 aliphatic carbocycles. The van der Waals surface area contributed by atoms with E-state index < -0.39 is 31.5 Å². The van der Waals surface area contributed by atoms with Gasteiger partial charge in [0.1, 0.15) is 23.9 Å². The maximum absolute atomic E-state index is 12.8. The zero-order valence-corrected chi connectivity index (χ0v) is 24.0. The summed E-state index contributed by atoms with van der Waals surface area (Å²) < 4.78 is 54.9.